The van der Waals surface area contributed by atoms with Gasteiger partial charge in [0.2, 0.25) is 0 Å². The summed E-state index contributed by atoms with van der Waals surface area (Å²) in [5, 5.41) is 4.44. The van der Waals surface area contributed by atoms with Gasteiger partial charge in [-0.2, -0.15) is 5.10 Å². The zero-order chi connectivity index (χ0) is 13.6. The molecule has 100 valence electrons. The summed E-state index contributed by atoms with van der Waals surface area (Å²) in [7, 11) is 0. The molecule has 1 aliphatic heterocycles. The number of hydrogen-bond acceptors (Lipinski definition) is 3. The molecule has 0 aromatic heterocycles. The van der Waals surface area contributed by atoms with Crippen LogP contribution in [0.25, 0.3) is 0 Å². The van der Waals surface area contributed by atoms with Crippen molar-refractivity contribution in [1.29, 1.82) is 0 Å². The quantitative estimate of drug-likeness (QED) is 0.775. The molecular weight excluding hydrogens is 351 g/mol. The van der Waals surface area contributed by atoms with Gasteiger partial charge in [-0.15, -0.1) is 0 Å². The second-order valence-electron chi connectivity index (χ2n) is 6.23. The first-order valence-electron chi connectivity index (χ1n) is 6.58. The number of nitrogens with one attached hydrogen (secondary N) is 1. The fraction of sp³-hybridized carbons (Fsp3) is 0.467. The molecule has 19 heavy (non-hydrogen) atoms. The summed E-state index contributed by atoms with van der Waals surface area (Å²) in [4.78, 5) is 12.4. The van der Waals surface area contributed by atoms with Crippen LogP contribution in [0.2, 0.25) is 0 Å². The molecule has 4 heteroatoms. The highest BCUT2D eigenvalue weighted by Crippen LogP contribution is 2.39. The maximum Gasteiger partial charge on any atom is 0.144 e. The number of hydrogen-bond donors (Lipinski definition) is 1. The number of rotatable bonds is 1. The van der Waals surface area contributed by atoms with Gasteiger partial charge >= 0.3 is 0 Å². The fourth-order valence-corrected chi connectivity index (χ4v) is 3.50. The zero-order valence-electron chi connectivity index (χ0n) is 11.1. The molecule has 1 N–H and O–H groups in total. The Bertz CT molecular complexity index is 548. The Morgan fingerprint density at radius 1 is 1.32 bits per heavy atom. The Kier molecular flexibility index (Phi) is 3.15. The highest BCUT2D eigenvalue weighted by molar-refractivity contribution is 14.1. The number of ketones is 1. The van der Waals surface area contributed by atoms with Crippen LogP contribution < -0.4 is 5.43 Å². The molecule has 1 saturated carbocycles. The van der Waals surface area contributed by atoms with Crippen molar-refractivity contribution in [2.75, 3.05) is 0 Å². The molecule has 1 aliphatic carbocycles. The molecule has 3 rings (SSSR count). The zero-order valence-corrected chi connectivity index (χ0v) is 13.3. The number of carbonyl (C=O) groups is 1. The molecule has 0 bridgehead atoms. The molecule has 1 fully saturated rings. The van der Waals surface area contributed by atoms with Crippen molar-refractivity contribution < 1.29 is 4.79 Å². The average Bonchev–Trinajstić information content (AvgIpc) is 2.72. The van der Waals surface area contributed by atoms with E-state index in [4.69, 9.17) is 0 Å². The minimum Gasteiger partial charge on any atom is -0.306 e. The molecule has 1 aromatic rings. The topological polar surface area (TPSA) is 41.5 Å². The van der Waals surface area contributed by atoms with E-state index >= 15 is 0 Å². The van der Waals surface area contributed by atoms with Crippen LogP contribution in [0.15, 0.2) is 29.4 Å². The lowest BCUT2D eigenvalue weighted by Crippen LogP contribution is -2.45. The van der Waals surface area contributed by atoms with Gasteiger partial charge in [0.15, 0.2) is 0 Å². The van der Waals surface area contributed by atoms with E-state index in [1.807, 2.05) is 0 Å². The highest BCUT2D eigenvalue weighted by Gasteiger charge is 2.46. The first-order valence-corrected chi connectivity index (χ1v) is 7.66. The van der Waals surface area contributed by atoms with Gasteiger partial charge in [-0.1, -0.05) is 26.0 Å². The Labute approximate surface area is 127 Å². The van der Waals surface area contributed by atoms with Gasteiger partial charge in [0.05, 0.1) is 17.7 Å². The Morgan fingerprint density at radius 3 is 2.68 bits per heavy atom. The first-order chi connectivity index (χ1) is 8.96. The summed E-state index contributed by atoms with van der Waals surface area (Å²) in [6.45, 7) is 4.32. The number of Topliss-reactive ketones (excluding diaryl/α,β-unsaturated/α-hetero) is 1. The van der Waals surface area contributed by atoms with Crippen LogP contribution >= 0.6 is 22.6 Å². The van der Waals surface area contributed by atoms with Crippen molar-refractivity contribution in [2.24, 2.45) is 16.4 Å². The third kappa shape index (κ3) is 2.42. The van der Waals surface area contributed by atoms with Crippen molar-refractivity contribution in [3.63, 3.8) is 0 Å². The van der Waals surface area contributed by atoms with Crippen LogP contribution in [-0.2, 0) is 4.79 Å². The summed E-state index contributed by atoms with van der Waals surface area (Å²) >= 11 is 2.28. The maximum absolute atomic E-state index is 12.4. The molecule has 0 amide bonds. The van der Waals surface area contributed by atoms with E-state index < -0.39 is 0 Å². The summed E-state index contributed by atoms with van der Waals surface area (Å²) in [6, 6.07) is 8.40. The summed E-state index contributed by atoms with van der Waals surface area (Å²) in [6.07, 6.45) is 1.65. The largest absolute Gasteiger partial charge is 0.306 e. The van der Waals surface area contributed by atoms with E-state index in [2.05, 4.69) is 71.2 Å². The third-order valence-corrected chi connectivity index (χ3v) is 4.68. The summed E-state index contributed by atoms with van der Waals surface area (Å²) < 4.78 is 1.19. The van der Waals surface area contributed by atoms with Gasteiger partial charge in [0, 0.05) is 9.99 Å². The van der Waals surface area contributed by atoms with Crippen LogP contribution in [0.5, 0.6) is 0 Å². The lowest BCUT2D eigenvalue weighted by molar-refractivity contribution is -0.126. The monoisotopic (exact) mass is 368 g/mol. The molecule has 2 aliphatic rings. The number of carbonyl (C=O) groups excluding carboxylic acids is 1. The Balaban J connectivity index is 1.90. The van der Waals surface area contributed by atoms with E-state index in [9.17, 15) is 4.79 Å². The Morgan fingerprint density at radius 2 is 2.00 bits per heavy atom. The van der Waals surface area contributed by atoms with Gasteiger partial charge in [0.25, 0.3) is 0 Å². The standard InChI is InChI=1S/C15H17IN2O/c1-15(2)7-11-13(12(19)8-15)14(18-17-11)9-3-5-10(16)6-4-9/h3-6,11,13,17H,7-8H2,1-2H3/t11-,13+/m0/s1. The van der Waals surface area contributed by atoms with E-state index in [0.717, 1.165) is 17.7 Å². The number of benzene rings is 1. The number of hydrazone groups is 1. The number of nitrogens with zero attached hydrogens (tertiary/aromatic N) is 1. The predicted octanol–water partition coefficient (Wildman–Crippen LogP) is 2.97. The minimum absolute atomic E-state index is 0.0620. The van der Waals surface area contributed by atoms with Crippen LogP contribution in [0.4, 0.5) is 0 Å². The second kappa shape index (κ2) is 4.58. The van der Waals surface area contributed by atoms with Crippen molar-refractivity contribution in [3.05, 3.63) is 33.4 Å². The smallest absolute Gasteiger partial charge is 0.144 e. The highest BCUT2D eigenvalue weighted by atomic mass is 127. The summed E-state index contributed by atoms with van der Waals surface area (Å²) in [5.41, 5.74) is 5.24. The van der Waals surface area contributed by atoms with Crippen molar-refractivity contribution in [2.45, 2.75) is 32.7 Å². The maximum atomic E-state index is 12.4. The van der Waals surface area contributed by atoms with Crippen molar-refractivity contribution >= 4 is 34.1 Å². The number of halogens is 1. The van der Waals surface area contributed by atoms with Gasteiger partial charge in [0.1, 0.15) is 5.78 Å². The van der Waals surface area contributed by atoms with Gasteiger partial charge in [-0.05, 0) is 52.1 Å². The van der Waals surface area contributed by atoms with E-state index in [-0.39, 0.29) is 17.4 Å². The Hall–Kier alpha value is -0.910. The molecule has 0 spiro atoms. The van der Waals surface area contributed by atoms with Gasteiger partial charge in [-0.25, -0.2) is 0 Å². The molecule has 0 saturated heterocycles. The third-order valence-electron chi connectivity index (χ3n) is 3.96. The van der Waals surface area contributed by atoms with Crippen LogP contribution in [0, 0.1) is 14.9 Å². The molecule has 2 atom stereocenters. The van der Waals surface area contributed by atoms with Crippen molar-refractivity contribution in [1.82, 2.24) is 5.43 Å². The summed E-state index contributed by atoms with van der Waals surface area (Å²) in [5.74, 6) is 0.261. The first kappa shape index (κ1) is 13.1. The second-order valence-corrected chi connectivity index (χ2v) is 7.47. The number of fused-ring (bicyclic) bond motifs is 1. The average molecular weight is 368 g/mol. The molecule has 0 unspecified atom stereocenters. The fourth-order valence-electron chi connectivity index (χ4n) is 3.14. The van der Waals surface area contributed by atoms with E-state index in [1.54, 1.807) is 0 Å². The van der Waals surface area contributed by atoms with Crippen LogP contribution in [0.3, 0.4) is 0 Å². The molecule has 1 aromatic carbocycles. The lowest BCUT2D eigenvalue weighted by Gasteiger charge is -2.36. The van der Waals surface area contributed by atoms with Gasteiger partial charge < -0.3 is 5.43 Å². The normalized spacial score (nSPS) is 28.6. The molecular formula is C15H17IN2O. The lowest BCUT2D eigenvalue weighted by atomic mass is 9.68. The van der Waals surface area contributed by atoms with Crippen molar-refractivity contribution in [3.8, 4) is 0 Å². The van der Waals surface area contributed by atoms with Gasteiger partial charge in [-0.3, -0.25) is 4.79 Å². The minimum atomic E-state index is -0.0620. The predicted molar refractivity (Wildman–Crippen MR) is 84.1 cm³/mol. The SMILES string of the molecule is CC1(C)CC(=O)[C@@H]2C(c3ccc(I)cc3)=NN[C@H]2C1. The molecule has 1 heterocycles. The van der Waals surface area contributed by atoms with Crippen LogP contribution in [-0.4, -0.2) is 17.5 Å². The van der Waals surface area contributed by atoms with E-state index in [1.165, 1.54) is 3.57 Å². The molecule has 0 radical (unpaired) electrons. The van der Waals surface area contributed by atoms with E-state index in [0.29, 0.717) is 12.2 Å². The van der Waals surface area contributed by atoms with Crippen LogP contribution in [0.1, 0.15) is 32.3 Å². The molecule has 3 nitrogen and oxygen atoms in total.